The molecule has 0 aliphatic heterocycles. The van der Waals surface area contributed by atoms with E-state index in [1.165, 1.54) is 0 Å². The molecule has 0 bridgehead atoms. The molecule has 0 spiro atoms. The van der Waals surface area contributed by atoms with Crippen LogP contribution in [0.3, 0.4) is 0 Å². The van der Waals surface area contributed by atoms with Crippen LogP contribution in [0.5, 0.6) is 0 Å². The van der Waals surface area contributed by atoms with Crippen molar-refractivity contribution in [1.29, 1.82) is 5.26 Å². The molecule has 1 aromatic carbocycles. The number of nitrogens with zero attached hydrogens (tertiary/aromatic N) is 1. The maximum atomic E-state index is 9.42. The summed E-state index contributed by atoms with van der Waals surface area (Å²) < 4.78 is 0. The molecular formula is C14H19ClN2. The summed E-state index contributed by atoms with van der Waals surface area (Å²) in [5, 5.41) is 13.5. The van der Waals surface area contributed by atoms with Gasteiger partial charge in [-0.1, -0.05) is 44.4 Å². The van der Waals surface area contributed by atoms with E-state index in [1.54, 1.807) is 0 Å². The van der Waals surface area contributed by atoms with E-state index in [0.29, 0.717) is 5.02 Å². The molecule has 0 amide bonds. The number of nitrogens with one attached hydrogen (secondary N) is 1. The summed E-state index contributed by atoms with van der Waals surface area (Å²) in [6, 6.07) is 9.97. The van der Waals surface area contributed by atoms with Gasteiger partial charge in [-0.25, -0.2) is 0 Å². The van der Waals surface area contributed by atoms with E-state index in [9.17, 15) is 5.26 Å². The Morgan fingerprint density at radius 1 is 1.29 bits per heavy atom. The third-order valence-corrected chi connectivity index (χ3v) is 3.01. The monoisotopic (exact) mass is 250 g/mol. The van der Waals surface area contributed by atoms with Crippen LogP contribution in [0.4, 0.5) is 5.69 Å². The second-order valence-corrected chi connectivity index (χ2v) is 4.77. The average Bonchev–Trinajstić information content (AvgIpc) is 2.29. The molecule has 0 heterocycles. The molecule has 92 valence electrons. The summed E-state index contributed by atoms with van der Waals surface area (Å²) >= 11 is 5.95. The number of hydrogen-bond acceptors (Lipinski definition) is 2. The number of halogens is 1. The second-order valence-electron chi connectivity index (χ2n) is 4.33. The maximum absolute atomic E-state index is 9.42. The Kier molecular flexibility index (Phi) is 5.31. The van der Waals surface area contributed by atoms with Gasteiger partial charge >= 0.3 is 0 Å². The van der Waals surface area contributed by atoms with Crippen molar-refractivity contribution in [2.75, 3.05) is 5.32 Å². The van der Waals surface area contributed by atoms with Crippen molar-refractivity contribution in [2.24, 2.45) is 0 Å². The van der Waals surface area contributed by atoms with Gasteiger partial charge in [0.1, 0.15) is 5.54 Å². The minimum absolute atomic E-state index is 0.464. The van der Waals surface area contributed by atoms with Crippen LogP contribution in [0, 0.1) is 11.3 Å². The summed E-state index contributed by atoms with van der Waals surface area (Å²) in [4.78, 5) is 0. The normalized spacial score (nSPS) is 10.9. The molecular weight excluding hydrogens is 232 g/mol. The van der Waals surface area contributed by atoms with Crippen LogP contribution in [-0.4, -0.2) is 5.54 Å². The van der Waals surface area contributed by atoms with Gasteiger partial charge in [0, 0.05) is 10.7 Å². The molecule has 1 aromatic rings. The zero-order valence-corrected chi connectivity index (χ0v) is 11.2. The summed E-state index contributed by atoms with van der Waals surface area (Å²) in [6.45, 7) is 4.20. The highest BCUT2D eigenvalue weighted by Crippen LogP contribution is 2.26. The van der Waals surface area contributed by atoms with Crippen molar-refractivity contribution >= 4 is 17.3 Å². The largest absolute Gasteiger partial charge is 0.367 e. The van der Waals surface area contributed by atoms with E-state index in [2.05, 4.69) is 25.2 Å². The average molecular weight is 251 g/mol. The smallest absolute Gasteiger partial charge is 0.125 e. The molecule has 2 nitrogen and oxygen atoms in total. The van der Waals surface area contributed by atoms with Crippen LogP contribution in [0.15, 0.2) is 24.3 Å². The first-order chi connectivity index (χ1) is 8.15. The van der Waals surface area contributed by atoms with E-state index in [0.717, 1.165) is 31.4 Å². The molecule has 17 heavy (non-hydrogen) atoms. The lowest BCUT2D eigenvalue weighted by molar-refractivity contribution is 0.487. The first-order valence-corrected chi connectivity index (χ1v) is 6.48. The van der Waals surface area contributed by atoms with Crippen LogP contribution >= 0.6 is 11.6 Å². The van der Waals surface area contributed by atoms with E-state index < -0.39 is 5.54 Å². The van der Waals surface area contributed by atoms with Gasteiger partial charge in [0.15, 0.2) is 0 Å². The summed E-state index contributed by atoms with van der Waals surface area (Å²) in [6.07, 6.45) is 3.68. The molecule has 1 rings (SSSR count). The third kappa shape index (κ3) is 3.94. The van der Waals surface area contributed by atoms with Gasteiger partial charge in [-0.15, -0.1) is 0 Å². The molecule has 0 aromatic heterocycles. The Morgan fingerprint density at radius 3 is 2.41 bits per heavy atom. The van der Waals surface area contributed by atoms with Crippen LogP contribution < -0.4 is 5.32 Å². The topological polar surface area (TPSA) is 35.8 Å². The van der Waals surface area contributed by atoms with Crippen molar-refractivity contribution < 1.29 is 0 Å². The van der Waals surface area contributed by atoms with Gasteiger partial charge in [0.25, 0.3) is 0 Å². The van der Waals surface area contributed by atoms with Crippen LogP contribution in [0.2, 0.25) is 5.02 Å². The predicted molar refractivity (Wildman–Crippen MR) is 73.2 cm³/mol. The number of benzene rings is 1. The molecule has 0 saturated heterocycles. The molecule has 0 saturated carbocycles. The van der Waals surface area contributed by atoms with Gasteiger partial charge in [0.05, 0.1) is 6.07 Å². The first-order valence-electron chi connectivity index (χ1n) is 6.11. The highest BCUT2D eigenvalue weighted by Gasteiger charge is 2.27. The fraction of sp³-hybridized carbons (Fsp3) is 0.500. The lowest BCUT2D eigenvalue weighted by Crippen LogP contribution is -2.36. The Labute approximate surface area is 109 Å². The van der Waals surface area contributed by atoms with E-state index in [4.69, 9.17) is 11.6 Å². The van der Waals surface area contributed by atoms with E-state index in [1.807, 2.05) is 24.3 Å². The van der Waals surface area contributed by atoms with Crippen molar-refractivity contribution in [2.45, 2.75) is 45.1 Å². The summed E-state index contributed by atoms with van der Waals surface area (Å²) in [7, 11) is 0. The second kappa shape index (κ2) is 6.51. The van der Waals surface area contributed by atoms with E-state index >= 15 is 0 Å². The highest BCUT2D eigenvalue weighted by molar-refractivity contribution is 6.30. The lowest BCUT2D eigenvalue weighted by atomic mass is 9.90. The molecule has 0 atom stereocenters. The Balaban J connectivity index is 2.89. The molecule has 0 aliphatic carbocycles. The molecule has 0 radical (unpaired) electrons. The Morgan fingerprint density at radius 2 is 1.94 bits per heavy atom. The minimum atomic E-state index is -0.464. The molecule has 1 N–H and O–H groups in total. The zero-order valence-electron chi connectivity index (χ0n) is 10.5. The number of rotatable bonds is 6. The van der Waals surface area contributed by atoms with E-state index in [-0.39, 0.29) is 0 Å². The summed E-state index contributed by atoms with van der Waals surface area (Å²) in [5.41, 5.74) is 0.453. The van der Waals surface area contributed by atoms with Crippen molar-refractivity contribution in [1.82, 2.24) is 0 Å². The first kappa shape index (κ1) is 13.9. The number of hydrogen-bond donors (Lipinski definition) is 1. The summed E-state index contributed by atoms with van der Waals surface area (Å²) in [5.74, 6) is 0. The fourth-order valence-electron chi connectivity index (χ4n) is 2.09. The van der Waals surface area contributed by atoms with Crippen molar-refractivity contribution in [3.63, 3.8) is 0 Å². The molecule has 0 aliphatic rings. The quantitative estimate of drug-likeness (QED) is 0.800. The van der Waals surface area contributed by atoms with Gasteiger partial charge in [-0.05, 0) is 31.0 Å². The Bertz CT molecular complexity index is 389. The third-order valence-electron chi connectivity index (χ3n) is 2.78. The minimum Gasteiger partial charge on any atom is -0.367 e. The van der Waals surface area contributed by atoms with Crippen LogP contribution in [0.1, 0.15) is 39.5 Å². The van der Waals surface area contributed by atoms with Gasteiger partial charge < -0.3 is 5.32 Å². The van der Waals surface area contributed by atoms with Gasteiger partial charge in [-0.2, -0.15) is 5.26 Å². The van der Waals surface area contributed by atoms with Crippen LogP contribution in [-0.2, 0) is 0 Å². The maximum Gasteiger partial charge on any atom is 0.125 e. The molecule has 0 fully saturated rings. The van der Waals surface area contributed by atoms with Gasteiger partial charge in [0.2, 0.25) is 0 Å². The zero-order chi connectivity index (χ0) is 12.7. The van der Waals surface area contributed by atoms with Gasteiger partial charge in [-0.3, -0.25) is 0 Å². The highest BCUT2D eigenvalue weighted by atomic mass is 35.5. The SMILES string of the molecule is CCCC(C#N)(CCC)Nc1cccc(Cl)c1. The van der Waals surface area contributed by atoms with Crippen molar-refractivity contribution in [3.05, 3.63) is 29.3 Å². The van der Waals surface area contributed by atoms with Crippen molar-refractivity contribution in [3.8, 4) is 6.07 Å². The number of anilines is 1. The Hall–Kier alpha value is -1.20. The standard InChI is InChI=1S/C14H19ClN2/c1-3-8-14(11-16,9-4-2)17-13-7-5-6-12(15)10-13/h5-7,10,17H,3-4,8-9H2,1-2H3. The van der Waals surface area contributed by atoms with Crippen LogP contribution in [0.25, 0.3) is 0 Å². The lowest BCUT2D eigenvalue weighted by Gasteiger charge is -2.28. The fourth-order valence-corrected chi connectivity index (χ4v) is 2.28. The molecule has 3 heteroatoms. The molecule has 0 unspecified atom stereocenters. The number of nitriles is 1. The predicted octanol–water partition coefficient (Wildman–Crippen LogP) is 4.61.